The van der Waals surface area contributed by atoms with E-state index in [1.165, 1.54) is 6.92 Å². The van der Waals surface area contributed by atoms with E-state index in [1.54, 1.807) is 4.58 Å². The highest BCUT2D eigenvalue weighted by molar-refractivity contribution is 5.83. The number of guanidine groups is 2. The van der Waals surface area contributed by atoms with E-state index < -0.39 is 35.6 Å². The molecular formula is C18H25N6O5+. The highest BCUT2D eigenvalue weighted by Crippen LogP contribution is 2.42. The molecule has 0 amide bonds. The Balaban J connectivity index is 1.64. The van der Waals surface area contributed by atoms with Crippen molar-refractivity contribution >= 4 is 17.9 Å². The van der Waals surface area contributed by atoms with E-state index in [0.717, 1.165) is 5.56 Å². The van der Waals surface area contributed by atoms with Gasteiger partial charge in [0, 0.05) is 6.92 Å². The summed E-state index contributed by atoms with van der Waals surface area (Å²) in [7, 11) is 0. The number of carbonyl (C=O) groups excluding carboxylic acids is 1. The van der Waals surface area contributed by atoms with Crippen LogP contribution in [0.25, 0.3) is 0 Å². The van der Waals surface area contributed by atoms with Gasteiger partial charge in [0.25, 0.3) is 5.79 Å². The van der Waals surface area contributed by atoms with Crippen molar-refractivity contribution in [2.45, 2.75) is 43.2 Å². The van der Waals surface area contributed by atoms with Gasteiger partial charge in [-0.3, -0.25) is 15.8 Å². The van der Waals surface area contributed by atoms with Gasteiger partial charge in [-0.05, 0) is 5.56 Å². The van der Waals surface area contributed by atoms with Gasteiger partial charge in [0.2, 0.25) is 5.66 Å². The van der Waals surface area contributed by atoms with Crippen molar-refractivity contribution in [3.8, 4) is 0 Å². The average molecular weight is 405 g/mol. The standard InChI is InChI=1S/C18H24N6O5/c1-10(25)28-9-12-14-17(23-15(19)22-14)18(26,27)13(7-24(17)16(20)21-12)29-8-11-5-3-2-4-6-11/h2-6,12-14,26-27H,7-9H2,1H3,(H5,19,20,21,22,23)/p+1/t12-,13-,14-,17-/m0/s1. The molecule has 1 saturated heterocycles. The molecule has 1 aromatic carbocycles. The minimum absolute atomic E-state index is 0.0282. The van der Waals surface area contributed by atoms with Crippen molar-refractivity contribution in [2.75, 3.05) is 13.2 Å². The summed E-state index contributed by atoms with van der Waals surface area (Å²) in [6.45, 7) is 1.49. The lowest BCUT2D eigenvalue weighted by Crippen LogP contribution is -2.78. The van der Waals surface area contributed by atoms with Gasteiger partial charge < -0.3 is 30.7 Å². The molecule has 0 saturated carbocycles. The molecule has 0 aromatic heterocycles. The van der Waals surface area contributed by atoms with Crippen LogP contribution in [0.3, 0.4) is 0 Å². The molecule has 0 unspecified atom stereocenters. The normalized spacial score (nSPS) is 32.0. The van der Waals surface area contributed by atoms with E-state index in [4.69, 9.17) is 20.9 Å². The minimum Gasteiger partial charge on any atom is -0.462 e. The topological polar surface area (TPSA) is 167 Å². The molecule has 3 aliphatic heterocycles. The number of carbonyl (C=O) groups is 1. The van der Waals surface area contributed by atoms with E-state index in [1.807, 2.05) is 30.3 Å². The maximum atomic E-state index is 11.3. The van der Waals surface area contributed by atoms with Crippen LogP contribution >= 0.6 is 0 Å². The summed E-state index contributed by atoms with van der Waals surface area (Å²) in [6, 6.07) is 7.98. The van der Waals surface area contributed by atoms with Crippen molar-refractivity contribution < 1.29 is 29.1 Å². The fraction of sp³-hybridized carbons (Fsp3) is 0.500. The number of nitrogens with two attached hydrogens (primary N) is 2. The van der Waals surface area contributed by atoms with Crippen LogP contribution in [0.1, 0.15) is 12.5 Å². The van der Waals surface area contributed by atoms with Gasteiger partial charge in [-0.25, -0.2) is 9.57 Å². The van der Waals surface area contributed by atoms with Crippen LogP contribution in [0.15, 0.2) is 35.3 Å². The Labute approximate surface area is 167 Å². The van der Waals surface area contributed by atoms with E-state index in [9.17, 15) is 15.0 Å². The SMILES string of the molecule is CC(=O)OC[C@@H]1NC(N)=[N+]2C[C@H](OCc3ccccc3)C(O)(O)[C@@]23NC(N)=N[C@@H]13. The summed E-state index contributed by atoms with van der Waals surface area (Å²) in [4.78, 5) is 15.6. The number of aliphatic hydroxyl groups is 2. The van der Waals surface area contributed by atoms with E-state index >= 15 is 0 Å². The fourth-order valence-corrected chi connectivity index (χ4v) is 4.26. The van der Waals surface area contributed by atoms with E-state index in [-0.39, 0.29) is 31.7 Å². The van der Waals surface area contributed by atoms with E-state index in [0.29, 0.717) is 0 Å². The fourth-order valence-electron chi connectivity index (χ4n) is 4.26. The third-order valence-corrected chi connectivity index (χ3v) is 5.57. The highest BCUT2D eigenvalue weighted by Gasteiger charge is 2.75. The van der Waals surface area contributed by atoms with Crippen LogP contribution in [-0.4, -0.2) is 75.5 Å². The monoisotopic (exact) mass is 405 g/mol. The first-order valence-electron chi connectivity index (χ1n) is 9.27. The van der Waals surface area contributed by atoms with Gasteiger partial charge in [0.15, 0.2) is 12.0 Å². The first kappa shape index (κ1) is 19.4. The lowest BCUT2D eigenvalue weighted by molar-refractivity contribution is -0.623. The number of nitrogens with one attached hydrogen (secondary N) is 2. The summed E-state index contributed by atoms with van der Waals surface area (Å²) in [5.74, 6) is -2.66. The molecule has 11 nitrogen and oxygen atoms in total. The zero-order valence-corrected chi connectivity index (χ0v) is 15.9. The molecule has 1 fully saturated rings. The smallest absolute Gasteiger partial charge is 0.346 e. The Morgan fingerprint density at radius 1 is 1.34 bits per heavy atom. The average Bonchev–Trinajstić information content (AvgIpc) is 3.14. The number of rotatable bonds is 5. The number of benzene rings is 1. The number of nitrogens with zero attached hydrogens (tertiary/aromatic N) is 2. The third-order valence-electron chi connectivity index (χ3n) is 5.57. The molecule has 1 aromatic rings. The lowest BCUT2D eigenvalue weighted by Gasteiger charge is -2.43. The van der Waals surface area contributed by atoms with Gasteiger partial charge >= 0.3 is 11.9 Å². The molecule has 0 aliphatic carbocycles. The number of hydrogen-bond acceptors (Lipinski definition) is 10. The molecule has 8 N–H and O–H groups in total. The molecule has 0 radical (unpaired) electrons. The number of esters is 1. The Bertz CT molecular complexity index is 873. The second kappa shape index (κ2) is 6.87. The van der Waals surface area contributed by atoms with Gasteiger partial charge in [0.1, 0.15) is 25.3 Å². The molecule has 0 bridgehead atoms. The number of hydrogen-bond donors (Lipinski definition) is 6. The van der Waals surface area contributed by atoms with Gasteiger partial charge in [0.05, 0.1) is 6.61 Å². The Kier molecular flexibility index (Phi) is 4.60. The van der Waals surface area contributed by atoms with Crippen molar-refractivity contribution in [1.29, 1.82) is 0 Å². The summed E-state index contributed by atoms with van der Waals surface area (Å²) in [5.41, 5.74) is 11.4. The third kappa shape index (κ3) is 2.98. The van der Waals surface area contributed by atoms with Crippen molar-refractivity contribution in [1.82, 2.24) is 10.6 Å². The first-order valence-corrected chi connectivity index (χ1v) is 9.27. The quantitative estimate of drug-likeness (QED) is 0.171. The predicted molar refractivity (Wildman–Crippen MR) is 101 cm³/mol. The van der Waals surface area contributed by atoms with Gasteiger partial charge in [-0.2, -0.15) is 0 Å². The maximum absolute atomic E-state index is 11.3. The molecule has 4 atom stereocenters. The summed E-state index contributed by atoms with van der Waals surface area (Å²) < 4.78 is 12.5. The predicted octanol–water partition coefficient (Wildman–Crippen LogP) is -2.89. The summed E-state index contributed by atoms with van der Waals surface area (Å²) >= 11 is 0. The van der Waals surface area contributed by atoms with Crippen LogP contribution in [-0.2, 0) is 20.9 Å². The maximum Gasteiger partial charge on any atom is 0.346 e. The molecule has 3 heterocycles. The molecule has 3 aliphatic rings. The molecule has 11 heteroatoms. The zero-order chi connectivity index (χ0) is 20.8. The van der Waals surface area contributed by atoms with Crippen LogP contribution in [0.4, 0.5) is 0 Å². The van der Waals surface area contributed by atoms with Crippen LogP contribution in [0.5, 0.6) is 0 Å². The molecular weight excluding hydrogens is 380 g/mol. The molecule has 4 rings (SSSR count). The van der Waals surface area contributed by atoms with E-state index in [2.05, 4.69) is 15.6 Å². The second-order valence-electron chi connectivity index (χ2n) is 7.41. The molecule has 29 heavy (non-hydrogen) atoms. The Morgan fingerprint density at radius 2 is 2.07 bits per heavy atom. The van der Waals surface area contributed by atoms with Crippen LogP contribution in [0, 0.1) is 0 Å². The Morgan fingerprint density at radius 3 is 2.76 bits per heavy atom. The van der Waals surface area contributed by atoms with Crippen molar-refractivity contribution in [3.63, 3.8) is 0 Å². The van der Waals surface area contributed by atoms with Crippen LogP contribution < -0.4 is 22.1 Å². The highest BCUT2D eigenvalue weighted by atomic mass is 16.6. The molecule has 1 spiro atoms. The minimum atomic E-state index is -2.39. The van der Waals surface area contributed by atoms with Crippen molar-refractivity contribution in [2.24, 2.45) is 16.5 Å². The Hall–Kier alpha value is -2.89. The molecule has 156 valence electrons. The first-order chi connectivity index (χ1) is 13.8. The summed E-state index contributed by atoms with van der Waals surface area (Å²) in [5, 5.41) is 28.3. The lowest BCUT2D eigenvalue weighted by atomic mass is 9.86. The van der Waals surface area contributed by atoms with Gasteiger partial charge in [-0.15, -0.1) is 0 Å². The summed E-state index contributed by atoms with van der Waals surface area (Å²) in [6.07, 6.45) is -1.01. The van der Waals surface area contributed by atoms with Gasteiger partial charge in [-0.1, -0.05) is 30.3 Å². The number of aliphatic imine (C=N–C) groups is 1. The second-order valence-corrected chi connectivity index (χ2v) is 7.41. The number of ether oxygens (including phenoxy) is 2. The largest absolute Gasteiger partial charge is 0.462 e. The van der Waals surface area contributed by atoms with Crippen LogP contribution in [0.2, 0.25) is 0 Å². The zero-order valence-electron chi connectivity index (χ0n) is 15.9. The van der Waals surface area contributed by atoms with Crippen molar-refractivity contribution in [3.05, 3.63) is 35.9 Å².